The molecule has 0 aromatic heterocycles. The normalized spacial score (nSPS) is 12.6. The molecule has 0 aliphatic heterocycles. The van der Waals surface area contributed by atoms with E-state index in [4.69, 9.17) is 0 Å². The molecule has 0 atom stereocenters. The third-order valence-electron chi connectivity index (χ3n) is 4.45. The Bertz CT molecular complexity index is 1190. The minimum absolute atomic E-state index is 0.161. The zero-order valence-electron chi connectivity index (χ0n) is 16.6. The lowest BCUT2D eigenvalue weighted by atomic mass is 10.0. The molecule has 0 amide bonds. The highest BCUT2D eigenvalue weighted by atomic mass is 32.2. The SMILES string of the molecule is CNS(=O)(=O)c1ccc(/C(C)=N\N=C(/C(=O)c2ccccc2)c2ccccc2)cc1. The molecular weight excluding hydrogens is 398 g/mol. The minimum Gasteiger partial charge on any atom is -0.287 e. The lowest BCUT2D eigenvalue weighted by Crippen LogP contribution is -2.18. The molecule has 0 aliphatic carbocycles. The van der Waals surface area contributed by atoms with Crippen LogP contribution in [-0.4, -0.2) is 32.7 Å². The Morgan fingerprint density at radius 1 is 0.733 bits per heavy atom. The molecule has 1 N–H and O–H groups in total. The van der Waals surface area contributed by atoms with Crippen molar-refractivity contribution >= 4 is 27.2 Å². The fourth-order valence-electron chi connectivity index (χ4n) is 2.73. The van der Waals surface area contributed by atoms with Gasteiger partial charge in [0, 0.05) is 11.1 Å². The van der Waals surface area contributed by atoms with E-state index in [1.54, 1.807) is 43.3 Å². The van der Waals surface area contributed by atoms with Crippen LogP contribution in [0.3, 0.4) is 0 Å². The van der Waals surface area contributed by atoms with Crippen LogP contribution in [0.1, 0.15) is 28.4 Å². The van der Waals surface area contributed by atoms with Crippen LogP contribution in [0.4, 0.5) is 0 Å². The summed E-state index contributed by atoms with van der Waals surface area (Å²) in [6.07, 6.45) is 0. The van der Waals surface area contributed by atoms with Crippen LogP contribution in [0.2, 0.25) is 0 Å². The average Bonchev–Trinajstić information content (AvgIpc) is 2.80. The van der Waals surface area contributed by atoms with E-state index in [0.717, 1.165) is 0 Å². The third-order valence-corrected chi connectivity index (χ3v) is 5.88. The van der Waals surface area contributed by atoms with Crippen LogP contribution < -0.4 is 4.72 Å². The molecule has 0 unspecified atom stereocenters. The Kier molecular flexibility index (Phi) is 6.66. The second kappa shape index (κ2) is 9.39. The van der Waals surface area contributed by atoms with Crippen molar-refractivity contribution in [1.82, 2.24) is 4.72 Å². The monoisotopic (exact) mass is 419 g/mol. The van der Waals surface area contributed by atoms with Crippen LogP contribution >= 0.6 is 0 Å². The van der Waals surface area contributed by atoms with E-state index in [2.05, 4.69) is 14.9 Å². The van der Waals surface area contributed by atoms with Gasteiger partial charge in [-0.05, 0) is 31.7 Å². The Labute approximate surface area is 176 Å². The largest absolute Gasteiger partial charge is 0.287 e. The molecule has 0 saturated heterocycles. The van der Waals surface area contributed by atoms with Gasteiger partial charge in [-0.3, -0.25) is 4.79 Å². The van der Waals surface area contributed by atoms with E-state index in [1.165, 1.54) is 19.2 Å². The highest BCUT2D eigenvalue weighted by Crippen LogP contribution is 2.13. The number of benzene rings is 3. The lowest BCUT2D eigenvalue weighted by Gasteiger charge is -2.06. The number of carbonyl (C=O) groups is 1. The summed E-state index contributed by atoms with van der Waals surface area (Å²) in [4.78, 5) is 13.2. The standard InChI is InChI=1S/C23H21N3O3S/c1-17(18-13-15-21(16-14-18)30(28,29)24-2)25-26-22(19-9-5-3-6-10-19)23(27)20-11-7-4-8-12-20/h3-16,24H,1-2H3/b25-17-,26-22-. The topological polar surface area (TPSA) is 88.0 Å². The molecule has 0 fully saturated rings. The predicted octanol–water partition coefficient (Wildman–Crippen LogP) is 3.69. The highest BCUT2D eigenvalue weighted by Gasteiger charge is 2.16. The zero-order chi connectivity index (χ0) is 21.6. The molecule has 0 bridgehead atoms. The Hall–Kier alpha value is -3.42. The number of nitrogens with zero attached hydrogens (tertiary/aromatic N) is 2. The Balaban J connectivity index is 1.97. The van der Waals surface area contributed by atoms with Gasteiger partial charge in [-0.2, -0.15) is 5.10 Å². The zero-order valence-corrected chi connectivity index (χ0v) is 17.4. The smallest absolute Gasteiger partial charge is 0.240 e. The van der Waals surface area contributed by atoms with E-state index in [1.807, 2.05) is 36.4 Å². The van der Waals surface area contributed by atoms with Crippen LogP contribution in [0.25, 0.3) is 0 Å². The van der Waals surface area contributed by atoms with E-state index in [-0.39, 0.29) is 16.4 Å². The van der Waals surface area contributed by atoms with Gasteiger partial charge >= 0.3 is 0 Å². The summed E-state index contributed by atoms with van der Waals surface area (Å²) in [7, 11) is -2.15. The van der Waals surface area contributed by atoms with Crippen molar-refractivity contribution in [2.75, 3.05) is 7.05 Å². The third kappa shape index (κ3) is 4.94. The summed E-state index contributed by atoms with van der Waals surface area (Å²) in [5, 5.41) is 8.51. The molecule has 7 heteroatoms. The molecule has 30 heavy (non-hydrogen) atoms. The lowest BCUT2D eigenvalue weighted by molar-refractivity contribution is 0.106. The van der Waals surface area contributed by atoms with Crippen LogP contribution in [-0.2, 0) is 10.0 Å². The summed E-state index contributed by atoms with van der Waals surface area (Å²) < 4.78 is 26.0. The van der Waals surface area contributed by atoms with Gasteiger partial charge < -0.3 is 0 Å². The summed E-state index contributed by atoms with van der Waals surface area (Å²) >= 11 is 0. The number of ketones is 1. The number of nitrogens with one attached hydrogen (secondary N) is 1. The Morgan fingerprint density at radius 2 is 1.27 bits per heavy atom. The first-order valence-electron chi connectivity index (χ1n) is 9.24. The van der Waals surface area contributed by atoms with Gasteiger partial charge in [0.05, 0.1) is 10.6 Å². The van der Waals surface area contributed by atoms with Crippen molar-refractivity contribution in [2.24, 2.45) is 10.2 Å². The van der Waals surface area contributed by atoms with Crippen molar-refractivity contribution in [3.63, 3.8) is 0 Å². The first kappa shape index (κ1) is 21.3. The first-order chi connectivity index (χ1) is 14.4. The molecule has 0 saturated carbocycles. The molecule has 3 aromatic carbocycles. The van der Waals surface area contributed by atoms with E-state index >= 15 is 0 Å². The fourth-order valence-corrected chi connectivity index (χ4v) is 3.46. The van der Waals surface area contributed by atoms with Crippen LogP contribution in [0.5, 0.6) is 0 Å². The van der Waals surface area contributed by atoms with Crippen LogP contribution in [0, 0.1) is 0 Å². The number of rotatable bonds is 7. The van der Waals surface area contributed by atoms with Gasteiger partial charge in [-0.15, -0.1) is 5.10 Å². The Morgan fingerprint density at radius 3 is 1.80 bits per heavy atom. The molecule has 0 heterocycles. The van der Waals surface area contributed by atoms with Gasteiger partial charge in [-0.1, -0.05) is 72.8 Å². The highest BCUT2D eigenvalue weighted by molar-refractivity contribution is 7.89. The molecule has 0 spiro atoms. The van der Waals surface area contributed by atoms with Crippen molar-refractivity contribution < 1.29 is 13.2 Å². The summed E-state index contributed by atoms with van der Waals surface area (Å²) in [6, 6.07) is 24.4. The fraction of sp³-hybridized carbons (Fsp3) is 0.0870. The summed E-state index contributed by atoms with van der Waals surface area (Å²) in [5.41, 5.74) is 2.68. The molecule has 0 aliphatic rings. The van der Waals surface area contributed by atoms with Gasteiger partial charge in [0.25, 0.3) is 0 Å². The number of hydrogen-bond acceptors (Lipinski definition) is 5. The quantitative estimate of drug-likeness (QED) is 0.360. The van der Waals surface area contributed by atoms with Crippen molar-refractivity contribution in [2.45, 2.75) is 11.8 Å². The van der Waals surface area contributed by atoms with E-state index in [0.29, 0.717) is 22.4 Å². The maximum Gasteiger partial charge on any atom is 0.240 e. The van der Waals surface area contributed by atoms with Crippen molar-refractivity contribution in [1.29, 1.82) is 0 Å². The van der Waals surface area contributed by atoms with Gasteiger partial charge in [0.1, 0.15) is 5.71 Å². The predicted molar refractivity (Wildman–Crippen MR) is 119 cm³/mol. The molecule has 3 rings (SSSR count). The number of carbonyl (C=O) groups excluding carboxylic acids is 1. The van der Waals surface area contributed by atoms with Crippen molar-refractivity contribution in [3.8, 4) is 0 Å². The molecule has 3 aromatic rings. The van der Waals surface area contributed by atoms with Gasteiger partial charge in [0.2, 0.25) is 15.8 Å². The molecule has 152 valence electrons. The van der Waals surface area contributed by atoms with Gasteiger partial charge in [-0.25, -0.2) is 13.1 Å². The first-order valence-corrected chi connectivity index (χ1v) is 10.7. The minimum atomic E-state index is -3.51. The number of hydrogen-bond donors (Lipinski definition) is 1. The second-order valence-corrected chi connectivity index (χ2v) is 8.31. The van der Waals surface area contributed by atoms with Crippen molar-refractivity contribution in [3.05, 3.63) is 102 Å². The number of sulfonamides is 1. The maximum absolute atomic E-state index is 13.0. The summed E-state index contributed by atoms with van der Waals surface area (Å²) in [5.74, 6) is -0.228. The number of Topliss-reactive ketones (excluding diaryl/α,β-unsaturated/α-hetero) is 1. The van der Waals surface area contributed by atoms with E-state index < -0.39 is 10.0 Å². The summed E-state index contributed by atoms with van der Waals surface area (Å²) in [6.45, 7) is 1.75. The van der Waals surface area contributed by atoms with Gasteiger partial charge in [0.15, 0.2) is 0 Å². The maximum atomic E-state index is 13.0. The molecule has 6 nitrogen and oxygen atoms in total. The average molecular weight is 420 g/mol. The second-order valence-electron chi connectivity index (χ2n) is 6.43. The van der Waals surface area contributed by atoms with Crippen LogP contribution in [0.15, 0.2) is 100 Å². The molecular formula is C23H21N3O3S. The van der Waals surface area contributed by atoms with E-state index in [9.17, 15) is 13.2 Å². The molecule has 0 radical (unpaired) electrons.